The third-order valence-electron chi connectivity index (χ3n) is 3.01. The molecule has 1 aromatic carbocycles. The first-order valence-electron chi connectivity index (χ1n) is 6.02. The van der Waals surface area contributed by atoms with Gasteiger partial charge in [-0.2, -0.15) is 0 Å². The van der Waals surface area contributed by atoms with Crippen LogP contribution < -0.4 is 0 Å². The monoisotopic (exact) mass is 307 g/mol. The molecule has 0 aliphatic rings. The Balaban J connectivity index is 2.26. The smallest absolute Gasteiger partial charge is 0.311 e. The summed E-state index contributed by atoms with van der Waals surface area (Å²) in [7, 11) is 1.57. The van der Waals surface area contributed by atoms with Gasteiger partial charge < -0.3 is 10.0 Å². The SMILES string of the molecule is Cc1ncsc1CN(C)C(=O)c1cccc([N+](=O)[O-])c1O. The summed E-state index contributed by atoms with van der Waals surface area (Å²) in [5.41, 5.74) is 1.95. The fourth-order valence-electron chi connectivity index (χ4n) is 1.82. The fourth-order valence-corrected chi connectivity index (χ4v) is 2.65. The summed E-state index contributed by atoms with van der Waals surface area (Å²) in [6.07, 6.45) is 0. The van der Waals surface area contributed by atoms with E-state index in [0.29, 0.717) is 6.54 Å². The van der Waals surface area contributed by atoms with Crippen molar-refractivity contribution in [3.05, 3.63) is 50.0 Å². The number of hydrogen-bond acceptors (Lipinski definition) is 6. The van der Waals surface area contributed by atoms with E-state index in [9.17, 15) is 20.0 Å². The minimum absolute atomic E-state index is 0.0890. The maximum Gasteiger partial charge on any atom is 0.311 e. The molecule has 1 N–H and O–H groups in total. The molecule has 2 rings (SSSR count). The Labute approximate surface area is 124 Å². The summed E-state index contributed by atoms with van der Waals surface area (Å²) < 4.78 is 0. The van der Waals surface area contributed by atoms with Gasteiger partial charge in [0.25, 0.3) is 5.91 Å². The number of phenols is 1. The highest BCUT2D eigenvalue weighted by Crippen LogP contribution is 2.30. The predicted molar refractivity (Wildman–Crippen MR) is 77.4 cm³/mol. The molecule has 2 aromatic rings. The van der Waals surface area contributed by atoms with Gasteiger partial charge in [0.1, 0.15) is 0 Å². The molecule has 110 valence electrons. The number of phenolic OH excluding ortho intramolecular Hbond substituents is 1. The van der Waals surface area contributed by atoms with Crippen molar-refractivity contribution >= 4 is 22.9 Å². The maximum absolute atomic E-state index is 12.3. The van der Waals surface area contributed by atoms with E-state index in [1.807, 2.05) is 6.92 Å². The van der Waals surface area contributed by atoms with E-state index in [4.69, 9.17) is 0 Å². The van der Waals surface area contributed by atoms with Crippen molar-refractivity contribution in [1.82, 2.24) is 9.88 Å². The number of carbonyl (C=O) groups is 1. The predicted octanol–water partition coefficient (Wildman–Crippen LogP) is 2.34. The van der Waals surface area contributed by atoms with E-state index in [0.717, 1.165) is 16.6 Å². The first-order valence-corrected chi connectivity index (χ1v) is 6.90. The first kappa shape index (κ1) is 14.9. The van der Waals surface area contributed by atoms with Crippen LogP contribution in [0.15, 0.2) is 23.7 Å². The summed E-state index contributed by atoms with van der Waals surface area (Å²) in [6.45, 7) is 2.17. The number of aryl methyl sites for hydroxylation is 1. The summed E-state index contributed by atoms with van der Waals surface area (Å²) >= 11 is 1.43. The van der Waals surface area contributed by atoms with Crippen LogP contribution in [0.25, 0.3) is 0 Å². The van der Waals surface area contributed by atoms with E-state index >= 15 is 0 Å². The Kier molecular flexibility index (Phi) is 4.18. The van der Waals surface area contributed by atoms with Crippen molar-refractivity contribution in [2.45, 2.75) is 13.5 Å². The van der Waals surface area contributed by atoms with E-state index < -0.39 is 22.3 Å². The lowest BCUT2D eigenvalue weighted by atomic mass is 10.1. The van der Waals surface area contributed by atoms with Crippen LogP contribution in [-0.4, -0.2) is 32.9 Å². The second-order valence-electron chi connectivity index (χ2n) is 4.45. The molecule has 0 aliphatic carbocycles. The van der Waals surface area contributed by atoms with Gasteiger partial charge in [0.2, 0.25) is 5.75 Å². The van der Waals surface area contributed by atoms with Gasteiger partial charge in [-0.1, -0.05) is 6.07 Å². The molecule has 0 spiro atoms. The molecule has 0 fully saturated rings. The molecule has 1 aromatic heterocycles. The molecular weight excluding hydrogens is 294 g/mol. The molecule has 0 radical (unpaired) electrons. The molecule has 0 saturated carbocycles. The van der Waals surface area contributed by atoms with E-state index in [1.165, 1.54) is 28.4 Å². The van der Waals surface area contributed by atoms with Gasteiger partial charge in [0, 0.05) is 18.0 Å². The minimum Gasteiger partial charge on any atom is -0.502 e. The number of para-hydroxylation sites is 1. The zero-order chi connectivity index (χ0) is 15.6. The highest BCUT2D eigenvalue weighted by Gasteiger charge is 2.23. The van der Waals surface area contributed by atoms with Gasteiger partial charge in [-0.25, -0.2) is 4.98 Å². The second kappa shape index (κ2) is 5.88. The quantitative estimate of drug-likeness (QED) is 0.690. The number of aromatic nitrogens is 1. The molecule has 0 aliphatic heterocycles. The number of aromatic hydroxyl groups is 1. The van der Waals surface area contributed by atoms with Crippen molar-refractivity contribution in [3.8, 4) is 5.75 Å². The zero-order valence-corrected chi connectivity index (χ0v) is 12.3. The number of carbonyl (C=O) groups excluding carboxylic acids is 1. The second-order valence-corrected chi connectivity index (χ2v) is 5.39. The van der Waals surface area contributed by atoms with Crippen molar-refractivity contribution in [2.75, 3.05) is 7.05 Å². The van der Waals surface area contributed by atoms with Crippen LogP contribution in [0.1, 0.15) is 20.9 Å². The van der Waals surface area contributed by atoms with Crippen LogP contribution in [-0.2, 0) is 6.54 Å². The number of benzene rings is 1. The topological polar surface area (TPSA) is 96.6 Å². The van der Waals surface area contributed by atoms with Crippen LogP contribution in [0.4, 0.5) is 5.69 Å². The lowest BCUT2D eigenvalue weighted by molar-refractivity contribution is -0.385. The molecule has 7 nitrogen and oxygen atoms in total. The molecule has 0 bridgehead atoms. The van der Waals surface area contributed by atoms with Crippen molar-refractivity contribution in [3.63, 3.8) is 0 Å². The van der Waals surface area contributed by atoms with Crippen LogP contribution in [0.2, 0.25) is 0 Å². The van der Waals surface area contributed by atoms with Gasteiger partial charge in [-0.15, -0.1) is 11.3 Å². The number of amides is 1. The van der Waals surface area contributed by atoms with Crippen molar-refractivity contribution < 1.29 is 14.8 Å². The van der Waals surface area contributed by atoms with E-state index in [-0.39, 0.29) is 5.56 Å². The highest BCUT2D eigenvalue weighted by atomic mass is 32.1. The van der Waals surface area contributed by atoms with Gasteiger partial charge in [0.15, 0.2) is 0 Å². The molecule has 0 saturated heterocycles. The van der Waals surface area contributed by atoms with Gasteiger partial charge >= 0.3 is 5.69 Å². The molecule has 0 atom stereocenters. The summed E-state index contributed by atoms with van der Waals surface area (Å²) in [4.78, 5) is 28.8. The van der Waals surface area contributed by atoms with Crippen LogP contribution in [0.3, 0.4) is 0 Å². The highest BCUT2D eigenvalue weighted by molar-refractivity contribution is 7.09. The fraction of sp³-hybridized carbons (Fsp3) is 0.231. The average Bonchev–Trinajstić information content (AvgIpc) is 2.83. The number of hydrogen-bond donors (Lipinski definition) is 1. The lowest BCUT2D eigenvalue weighted by Crippen LogP contribution is -2.26. The van der Waals surface area contributed by atoms with Crippen molar-refractivity contribution in [2.24, 2.45) is 0 Å². The molecule has 8 heteroatoms. The Bertz CT molecular complexity index is 698. The summed E-state index contributed by atoms with van der Waals surface area (Å²) in [5.74, 6) is -1.09. The summed E-state index contributed by atoms with van der Waals surface area (Å²) in [5, 5.41) is 20.6. The molecule has 1 heterocycles. The van der Waals surface area contributed by atoms with Crippen LogP contribution >= 0.6 is 11.3 Å². The zero-order valence-electron chi connectivity index (χ0n) is 11.4. The average molecular weight is 307 g/mol. The number of thiazole rings is 1. The third kappa shape index (κ3) is 3.00. The molecular formula is C13H13N3O4S. The number of nitro benzene ring substituents is 1. The van der Waals surface area contributed by atoms with Gasteiger partial charge in [0.05, 0.1) is 28.2 Å². The van der Waals surface area contributed by atoms with E-state index in [1.54, 1.807) is 12.6 Å². The number of rotatable bonds is 4. The van der Waals surface area contributed by atoms with Gasteiger partial charge in [-0.3, -0.25) is 14.9 Å². The van der Waals surface area contributed by atoms with Gasteiger partial charge in [-0.05, 0) is 13.0 Å². The third-order valence-corrected chi connectivity index (χ3v) is 3.93. The Hall–Kier alpha value is -2.48. The Morgan fingerprint density at radius 2 is 2.24 bits per heavy atom. The normalized spacial score (nSPS) is 10.4. The van der Waals surface area contributed by atoms with E-state index in [2.05, 4.69) is 4.98 Å². The van der Waals surface area contributed by atoms with Crippen LogP contribution in [0, 0.1) is 17.0 Å². The lowest BCUT2D eigenvalue weighted by Gasteiger charge is -2.17. The molecule has 0 unspecified atom stereocenters. The maximum atomic E-state index is 12.3. The Morgan fingerprint density at radius 1 is 1.52 bits per heavy atom. The summed E-state index contributed by atoms with van der Waals surface area (Å²) in [6, 6.07) is 3.89. The minimum atomic E-state index is -0.723. The molecule has 1 amide bonds. The molecule has 21 heavy (non-hydrogen) atoms. The van der Waals surface area contributed by atoms with Crippen LogP contribution in [0.5, 0.6) is 5.75 Å². The first-order chi connectivity index (χ1) is 9.91. The standard InChI is InChI=1S/C13H13N3O4S/c1-8-11(21-7-14-8)6-15(2)13(18)9-4-3-5-10(12(9)17)16(19)20/h3-5,7,17H,6H2,1-2H3. The van der Waals surface area contributed by atoms with Crippen molar-refractivity contribution in [1.29, 1.82) is 0 Å². The Morgan fingerprint density at radius 3 is 2.81 bits per heavy atom. The number of nitrogens with zero attached hydrogens (tertiary/aromatic N) is 3. The largest absolute Gasteiger partial charge is 0.502 e. The number of nitro groups is 1.